The fourth-order valence-electron chi connectivity index (χ4n) is 2.16. The highest BCUT2D eigenvalue weighted by molar-refractivity contribution is 5.73. The van der Waals surface area contributed by atoms with Crippen LogP contribution in [0.1, 0.15) is 17.9 Å². The van der Waals surface area contributed by atoms with Gasteiger partial charge >= 0.3 is 5.97 Å². The number of anilines is 1. The maximum Gasteiger partial charge on any atom is 0.320 e. The number of para-hydroxylation sites is 1. The van der Waals surface area contributed by atoms with Gasteiger partial charge in [0.1, 0.15) is 12.1 Å². The second-order valence-corrected chi connectivity index (χ2v) is 4.13. The Morgan fingerprint density at radius 2 is 2.29 bits per heavy atom. The maximum absolute atomic E-state index is 10.8. The molecule has 1 aliphatic heterocycles. The Morgan fingerprint density at radius 3 is 2.94 bits per heavy atom. The van der Waals surface area contributed by atoms with Crippen LogP contribution in [0.15, 0.2) is 24.3 Å². The molecule has 0 fully saturated rings. The van der Waals surface area contributed by atoms with Crippen molar-refractivity contribution in [2.75, 3.05) is 5.32 Å². The molecule has 0 aromatic heterocycles. The van der Waals surface area contributed by atoms with Gasteiger partial charge in [-0.1, -0.05) is 18.2 Å². The van der Waals surface area contributed by atoms with Crippen molar-refractivity contribution in [3.63, 3.8) is 0 Å². The van der Waals surface area contributed by atoms with Crippen molar-refractivity contribution in [1.29, 1.82) is 5.26 Å². The van der Waals surface area contributed by atoms with E-state index in [1.54, 1.807) is 0 Å². The summed E-state index contributed by atoms with van der Waals surface area (Å²) in [5, 5.41) is 20.9. The number of benzene rings is 1. The molecular formula is C12H13N3O2. The third-order valence-electron chi connectivity index (χ3n) is 3.04. The first-order valence-corrected chi connectivity index (χ1v) is 5.37. The third kappa shape index (κ3) is 2.08. The lowest BCUT2D eigenvalue weighted by Gasteiger charge is -2.16. The number of nitrogens with two attached hydrogens (primary N) is 1. The Kier molecular flexibility index (Phi) is 2.98. The number of hydrogen-bond donors (Lipinski definition) is 3. The lowest BCUT2D eigenvalue weighted by molar-refractivity contribution is -0.138. The summed E-state index contributed by atoms with van der Waals surface area (Å²) in [5.41, 5.74) is 7.39. The topological polar surface area (TPSA) is 99.1 Å². The summed E-state index contributed by atoms with van der Waals surface area (Å²) in [6, 6.07) is 8.33. The quantitative estimate of drug-likeness (QED) is 0.717. The van der Waals surface area contributed by atoms with Crippen LogP contribution >= 0.6 is 0 Å². The van der Waals surface area contributed by atoms with Crippen LogP contribution in [-0.4, -0.2) is 23.2 Å². The van der Waals surface area contributed by atoms with Gasteiger partial charge in [-0.05, 0) is 18.1 Å². The van der Waals surface area contributed by atoms with Crippen LogP contribution in [-0.2, 0) is 4.79 Å². The van der Waals surface area contributed by atoms with E-state index in [-0.39, 0.29) is 12.3 Å². The van der Waals surface area contributed by atoms with E-state index < -0.39 is 18.1 Å². The monoisotopic (exact) mass is 231 g/mol. The summed E-state index contributed by atoms with van der Waals surface area (Å²) >= 11 is 0. The summed E-state index contributed by atoms with van der Waals surface area (Å²) in [6.07, 6.45) is 0.261. The lowest BCUT2D eigenvalue weighted by Crippen LogP contribution is -2.34. The first kappa shape index (κ1) is 11.4. The standard InChI is InChI=1S/C12H13N3O2/c13-6-11-8(5-9(14)12(16)17)7-3-1-2-4-10(7)15-11/h1-4,8-9,11,15H,5,14H2,(H,16,17)/t8-,9+,11-/m1/s1. The van der Waals surface area contributed by atoms with Crippen molar-refractivity contribution in [2.45, 2.75) is 24.4 Å². The van der Waals surface area contributed by atoms with Crippen molar-refractivity contribution in [3.05, 3.63) is 29.8 Å². The second-order valence-electron chi connectivity index (χ2n) is 4.13. The smallest absolute Gasteiger partial charge is 0.320 e. The van der Waals surface area contributed by atoms with Gasteiger partial charge in [0.15, 0.2) is 0 Å². The highest BCUT2D eigenvalue weighted by Gasteiger charge is 2.34. The number of nitrogens with zero attached hydrogens (tertiary/aromatic N) is 1. The summed E-state index contributed by atoms with van der Waals surface area (Å²) in [6.45, 7) is 0. The number of fused-ring (bicyclic) bond motifs is 1. The van der Waals surface area contributed by atoms with Gasteiger partial charge in [0.2, 0.25) is 0 Å². The molecule has 0 saturated heterocycles. The van der Waals surface area contributed by atoms with E-state index in [1.807, 2.05) is 24.3 Å². The molecule has 0 amide bonds. The van der Waals surface area contributed by atoms with Crippen LogP contribution in [0.25, 0.3) is 0 Å². The number of hydrogen-bond acceptors (Lipinski definition) is 4. The van der Waals surface area contributed by atoms with Crippen molar-refractivity contribution in [2.24, 2.45) is 5.73 Å². The van der Waals surface area contributed by atoms with Gasteiger partial charge in [-0.3, -0.25) is 4.79 Å². The molecular weight excluding hydrogens is 218 g/mol. The molecule has 0 spiro atoms. The molecule has 1 aliphatic rings. The Balaban J connectivity index is 2.25. The summed E-state index contributed by atoms with van der Waals surface area (Å²) in [7, 11) is 0. The number of carboxylic acid groups (broad SMARTS) is 1. The largest absolute Gasteiger partial charge is 0.480 e. The molecule has 1 heterocycles. The SMILES string of the molecule is N#C[C@H]1Nc2ccccc2[C@H]1C[C@H](N)C(=O)O. The molecule has 0 radical (unpaired) electrons. The molecule has 0 saturated carbocycles. The average Bonchev–Trinajstić information content (AvgIpc) is 2.67. The zero-order valence-electron chi connectivity index (χ0n) is 9.13. The molecule has 1 aromatic rings. The first-order valence-electron chi connectivity index (χ1n) is 5.37. The molecule has 5 heteroatoms. The fraction of sp³-hybridized carbons (Fsp3) is 0.333. The van der Waals surface area contributed by atoms with Crippen molar-refractivity contribution >= 4 is 11.7 Å². The van der Waals surface area contributed by atoms with Crippen LogP contribution in [0.4, 0.5) is 5.69 Å². The van der Waals surface area contributed by atoms with E-state index in [1.165, 1.54) is 0 Å². The fourth-order valence-corrected chi connectivity index (χ4v) is 2.16. The van der Waals surface area contributed by atoms with Crippen molar-refractivity contribution in [1.82, 2.24) is 0 Å². The van der Waals surface area contributed by atoms with Gasteiger partial charge in [0, 0.05) is 11.6 Å². The van der Waals surface area contributed by atoms with Gasteiger partial charge in [-0.15, -0.1) is 0 Å². The summed E-state index contributed by atoms with van der Waals surface area (Å²) in [5.74, 6) is -1.20. The molecule has 17 heavy (non-hydrogen) atoms. The molecule has 2 rings (SSSR count). The van der Waals surface area contributed by atoms with Crippen LogP contribution < -0.4 is 11.1 Å². The number of carbonyl (C=O) groups is 1. The number of nitrogens with one attached hydrogen (secondary N) is 1. The van der Waals surface area contributed by atoms with Gasteiger partial charge < -0.3 is 16.2 Å². The van der Waals surface area contributed by atoms with Gasteiger partial charge in [0.25, 0.3) is 0 Å². The molecule has 0 unspecified atom stereocenters. The first-order chi connectivity index (χ1) is 8.13. The molecule has 1 aromatic carbocycles. The predicted molar refractivity (Wildman–Crippen MR) is 62.4 cm³/mol. The number of nitriles is 1. The summed E-state index contributed by atoms with van der Waals surface area (Å²) in [4.78, 5) is 10.8. The van der Waals surface area contributed by atoms with Crippen LogP contribution in [0.2, 0.25) is 0 Å². The van der Waals surface area contributed by atoms with E-state index in [4.69, 9.17) is 16.1 Å². The lowest BCUT2D eigenvalue weighted by atomic mass is 9.89. The van der Waals surface area contributed by atoms with Crippen LogP contribution in [0.5, 0.6) is 0 Å². The highest BCUT2D eigenvalue weighted by atomic mass is 16.4. The van der Waals surface area contributed by atoms with E-state index in [0.717, 1.165) is 11.3 Å². The second kappa shape index (κ2) is 4.44. The summed E-state index contributed by atoms with van der Waals surface area (Å²) < 4.78 is 0. The zero-order chi connectivity index (χ0) is 12.4. The third-order valence-corrected chi connectivity index (χ3v) is 3.04. The molecule has 0 aliphatic carbocycles. The van der Waals surface area contributed by atoms with Crippen LogP contribution in [0.3, 0.4) is 0 Å². The Morgan fingerprint density at radius 1 is 1.59 bits per heavy atom. The van der Waals surface area contributed by atoms with Gasteiger partial charge in [0.05, 0.1) is 6.07 Å². The highest BCUT2D eigenvalue weighted by Crippen LogP contribution is 2.38. The van der Waals surface area contributed by atoms with E-state index >= 15 is 0 Å². The molecule has 5 nitrogen and oxygen atoms in total. The average molecular weight is 231 g/mol. The zero-order valence-corrected chi connectivity index (χ0v) is 9.13. The minimum absolute atomic E-state index is 0.165. The van der Waals surface area contributed by atoms with Crippen molar-refractivity contribution in [3.8, 4) is 6.07 Å². The van der Waals surface area contributed by atoms with Gasteiger partial charge in [-0.2, -0.15) is 5.26 Å². The van der Waals surface area contributed by atoms with E-state index in [9.17, 15) is 4.79 Å². The molecule has 88 valence electrons. The van der Waals surface area contributed by atoms with Gasteiger partial charge in [-0.25, -0.2) is 0 Å². The predicted octanol–water partition coefficient (Wildman–Crippen LogP) is 0.890. The van der Waals surface area contributed by atoms with Crippen LogP contribution in [0, 0.1) is 11.3 Å². The number of carboxylic acids is 1. The Hall–Kier alpha value is -2.06. The minimum Gasteiger partial charge on any atom is -0.480 e. The molecule has 0 bridgehead atoms. The van der Waals surface area contributed by atoms with E-state index in [0.29, 0.717) is 0 Å². The minimum atomic E-state index is -1.04. The molecule has 3 atom stereocenters. The Labute approximate surface area is 98.9 Å². The van der Waals surface area contributed by atoms with E-state index in [2.05, 4.69) is 11.4 Å². The molecule has 4 N–H and O–H groups in total. The number of aliphatic carboxylic acids is 1. The number of rotatable bonds is 3. The normalized spacial score (nSPS) is 23.3. The maximum atomic E-state index is 10.8. The van der Waals surface area contributed by atoms with Crippen molar-refractivity contribution < 1.29 is 9.90 Å². The Bertz CT molecular complexity index is 481.